The standard InChI is InChI=1S/C21H22Cl2N2O3/c1-13(18-10-7-16(22)12-19(18)23)25-21(27)14(2)24-20(26)11-6-15-4-8-17(28-3)9-5-15/h4-14H,1-3H3,(H,24,26)(H,25,27)/b11-6+. The molecule has 2 unspecified atom stereocenters. The van der Waals surface area contributed by atoms with E-state index in [0.717, 1.165) is 16.9 Å². The number of benzene rings is 2. The Morgan fingerprint density at radius 2 is 1.71 bits per heavy atom. The molecule has 0 spiro atoms. The highest BCUT2D eigenvalue weighted by atomic mass is 35.5. The van der Waals surface area contributed by atoms with E-state index >= 15 is 0 Å². The SMILES string of the molecule is COc1ccc(/C=C/C(=O)NC(C)C(=O)NC(C)c2ccc(Cl)cc2Cl)cc1. The molecule has 0 aliphatic rings. The molecule has 0 saturated heterocycles. The summed E-state index contributed by atoms with van der Waals surface area (Å²) in [4.78, 5) is 24.4. The van der Waals surface area contributed by atoms with E-state index in [1.165, 1.54) is 6.08 Å². The molecule has 0 aliphatic heterocycles. The molecule has 2 rings (SSSR count). The Morgan fingerprint density at radius 3 is 2.32 bits per heavy atom. The van der Waals surface area contributed by atoms with Crippen molar-refractivity contribution in [3.63, 3.8) is 0 Å². The van der Waals surface area contributed by atoms with E-state index in [0.29, 0.717) is 10.0 Å². The number of hydrogen-bond donors (Lipinski definition) is 2. The summed E-state index contributed by atoms with van der Waals surface area (Å²) in [7, 11) is 1.59. The Morgan fingerprint density at radius 1 is 1.04 bits per heavy atom. The van der Waals surface area contributed by atoms with Crippen molar-refractivity contribution in [1.82, 2.24) is 10.6 Å². The van der Waals surface area contributed by atoms with Crippen LogP contribution in [0.15, 0.2) is 48.5 Å². The van der Waals surface area contributed by atoms with Gasteiger partial charge in [-0.2, -0.15) is 0 Å². The second-order valence-electron chi connectivity index (χ2n) is 6.23. The van der Waals surface area contributed by atoms with Crippen molar-refractivity contribution in [3.05, 3.63) is 69.7 Å². The van der Waals surface area contributed by atoms with Crippen LogP contribution in [0.2, 0.25) is 10.0 Å². The molecule has 5 nitrogen and oxygen atoms in total. The largest absolute Gasteiger partial charge is 0.497 e. The minimum Gasteiger partial charge on any atom is -0.497 e. The molecule has 0 aliphatic carbocycles. The van der Waals surface area contributed by atoms with Crippen LogP contribution in [0.4, 0.5) is 0 Å². The molecule has 0 bridgehead atoms. The normalized spacial score (nSPS) is 13.0. The number of carbonyl (C=O) groups is 2. The summed E-state index contributed by atoms with van der Waals surface area (Å²) >= 11 is 12.1. The van der Waals surface area contributed by atoms with Crippen molar-refractivity contribution in [3.8, 4) is 5.75 Å². The van der Waals surface area contributed by atoms with Gasteiger partial charge in [0.1, 0.15) is 11.8 Å². The van der Waals surface area contributed by atoms with Crippen LogP contribution in [0.5, 0.6) is 5.75 Å². The summed E-state index contributed by atoms with van der Waals surface area (Å²) in [6, 6.07) is 11.3. The summed E-state index contributed by atoms with van der Waals surface area (Å²) in [5.74, 6) is 0.0576. The van der Waals surface area contributed by atoms with Gasteiger partial charge in [-0.05, 0) is 55.3 Å². The molecule has 0 fully saturated rings. The van der Waals surface area contributed by atoms with Gasteiger partial charge in [-0.1, -0.05) is 41.4 Å². The zero-order chi connectivity index (χ0) is 20.7. The summed E-state index contributed by atoms with van der Waals surface area (Å²) in [6.07, 6.45) is 3.04. The van der Waals surface area contributed by atoms with Gasteiger partial charge in [0.05, 0.1) is 13.2 Å². The first-order valence-corrected chi connectivity index (χ1v) is 9.43. The van der Waals surface area contributed by atoms with Gasteiger partial charge in [0, 0.05) is 16.1 Å². The van der Waals surface area contributed by atoms with E-state index in [9.17, 15) is 9.59 Å². The lowest BCUT2D eigenvalue weighted by Gasteiger charge is -2.19. The summed E-state index contributed by atoms with van der Waals surface area (Å²) in [5.41, 5.74) is 1.59. The Labute approximate surface area is 174 Å². The second-order valence-corrected chi connectivity index (χ2v) is 7.08. The first-order valence-electron chi connectivity index (χ1n) is 8.68. The number of halogens is 2. The topological polar surface area (TPSA) is 67.4 Å². The van der Waals surface area contributed by atoms with Gasteiger partial charge in [0.15, 0.2) is 0 Å². The predicted molar refractivity (Wildman–Crippen MR) is 113 cm³/mol. The molecule has 2 atom stereocenters. The zero-order valence-corrected chi connectivity index (χ0v) is 17.3. The number of nitrogens with one attached hydrogen (secondary N) is 2. The van der Waals surface area contributed by atoms with Crippen LogP contribution in [0.1, 0.15) is 31.0 Å². The highest BCUT2D eigenvalue weighted by Crippen LogP contribution is 2.26. The van der Waals surface area contributed by atoms with Crippen molar-refractivity contribution in [2.45, 2.75) is 25.9 Å². The second kappa shape index (κ2) is 10.2. The number of rotatable bonds is 7. The first kappa shape index (κ1) is 21.8. The highest BCUT2D eigenvalue weighted by molar-refractivity contribution is 6.35. The van der Waals surface area contributed by atoms with Gasteiger partial charge < -0.3 is 15.4 Å². The quantitative estimate of drug-likeness (QED) is 0.652. The lowest BCUT2D eigenvalue weighted by Crippen LogP contribution is -2.45. The van der Waals surface area contributed by atoms with E-state index in [2.05, 4.69) is 10.6 Å². The van der Waals surface area contributed by atoms with Gasteiger partial charge in [0.25, 0.3) is 0 Å². The fraction of sp³-hybridized carbons (Fsp3) is 0.238. The summed E-state index contributed by atoms with van der Waals surface area (Å²) in [5, 5.41) is 6.46. The van der Waals surface area contributed by atoms with Gasteiger partial charge in [-0.15, -0.1) is 0 Å². The average molecular weight is 421 g/mol. The van der Waals surface area contributed by atoms with Gasteiger partial charge in [-0.3, -0.25) is 9.59 Å². The van der Waals surface area contributed by atoms with Gasteiger partial charge >= 0.3 is 0 Å². The van der Waals surface area contributed by atoms with E-state index in [4.69, 9.17) is 27.9 Å². The van der Waals surface area contributed by atoms with Crippen LogP contribution >= 0.6 is 23.2 Å². The highest BCUT2D eigenvalue weighted by Gasteiger charge is 2.18. The molecule has 0 radical (unpaired) electrons. The van der Waals surface area contributed by atoms with Crippen LogP contribution in [0.3, 0.4) is 0 Å². The Balaban J connectivity index is 1.89. The third kappa shape index (κ3) is 6.29. The molecule has 148 valence electrons. The smallest absolute Gasteiger partial charge is 0.244 e. The molecule has 2 aromatic carbocycles. The van der Waals surface area contributed by atoms with Crippen LogP contribution in [-0.4, -0.2) is 25.0 Å². The summed E-state index contributed by atoms with van der Waals surface area (Å²) in [6.45, 7) is 3.43. The number of hydrogen-bond acceptors (Lipinski definition) is 3. The lowest BCUT2D eigenvalue weighted by atomic mass is 10.1. The van der Waals surface area contributed by atoms with Crippen molar-refractivity contribution < 1.29 is 14.3 Å². The van der Waals surface area contributed by atoms with Crippen LogP contribution in [-0.2, 0) is 9.59 Å². The lowest BCUT2D eigenvalue weighted by molar-refractivity contribution is -0.127. The monoisotopic (exact) mass is 420 g/mol. The molecule has 0 aromatic heterocycles. The molecule has 7 heteroatoms. The van der Waals surface area contributed by atoms with E-state index in [1.54, 1.807) is 50.4 Å². The maximum absolute atomic E-state index is 12.4. The van der Waals surface area contributed by atoms with Crippen molar-refractivity contribution in [2.75, 3.05) is 7.11 Å². The molecule has 28 heavy (non-hydrogen) atoms. The minimum atomic E-state index is -0.707. The third-order valence-corrected chi connectivity index (χ3v) is 4.65. The number of carbonyl (C=O) groups excluding carboxylic acids is 2. The molecule has 2 amide bonds. The van der Waals surface area contributed by atoms with E-state index < -0.39 is 6.04 Å². The Hall–Kier alpha value is -2.50. The van der Waals surface area contributed by atoms with Gasteiger partial charge in [-0.25, -0.2) is 0 Å². The zero-order valence-electron chi connectivity index (χ0n) is 15.8. The fourth-order valence-electron chi connectivity index (χ4n) is 2.48. The maximum atomic E-state index is 12.4. The molecule has 0 saturated carbocycles. The van der Waals surface area contributed by atoms with Gasteiger partial charge in [0.2, 0.25) is 11.8 Å². The first-order chi connectivity index (χ1) is 13.3. The van der Waals surface area contributed by atoms with E-state index in [-0.39, 0.29) is 17.9 Å². The third-order valence-electron chi connectivity index (χ3n) is 4.08. The molecular formula is C21H22Cl2N2O3. The maximum Gasteiger partial charge on any atom is 0.244 e. The van der Waals surface area contributed by atoms with Crippen LogP contribution in [0, 0.1) is 0 Å². The summed E-state index contributed by atoms with van der Waals surface area (Å²) < 4.78 is 5.09. The van der Waals surface area contributed by atoms with Crippen molar-refractivity contribution >= 4 is 41.1 Å². The molecule has 0 heterocycles. The number of methoxy groups -OCH3 is 1. The predicted octanol–water partition coefficient (Wildman–Crippen LogP) is 4.40. The van der Waals surface area contributed by atoms with Crippen molar-refractivity contribution in [1.29, 1.82) is 0 Å². The molecule has 2 aromatic rings. The average Bonchev–Trinajstić information content (AvgIpc) is 2.66. The molecular weight excluding hydrogens is 399 g/mol. The van der Waals surface area contributed by atoms with Crippen LogP contribution in [0.25, 0.3) is 6.08 Å². The molecule has 2 N–H and O–H groups in total. The number of amides is 2. The Bertz CT molecular complexity index is 866. The van der Waals surface area contributed by atoms with Crippen molar-refractivity contribution in [2.24, 2.45) is 0 Å². The fourth-order valence-corrected chi connectivity index (χ4v) is 3.05. The minimum absolute atomic E-state index is 0.315. The Kier molecular flexibility index (Phi) is 7.91. The number of ether oxygens (including phenoxy) is 1. The van der Waals surface area contributed by atoms with Crippen LogP contribution < -0.4 is 15.4 Å². The van der Waals surface area contributed by atoms with E-state index in [1.807, 2.05) is 19.1 Å².